The van der Waals surface area contributed by atoms with Crippen LogP contribution in [0.2, 0.25) is 0 Å². The smallest absolute Gasteiger partial charge is 0.0295 e. The van der Waals surface area contributed by atoms with Gasteiger partial charge in [0.05, 0.1) is 0 Å². The minimum absolute atomic E-state index is 2.00. The third-order valence-corrected chi connectivity index (χ3v) is 0.667. The van der Waals surface area contributed by atoms with Gasteiger partial charge in [-0.15, -0.1) is 0 Å². The second-order valence-electron chi connectivity index (χ2n) is 1.15. The molecule has 0 fully saturated rings. The fourth-order valence-corrected chi connectivity index (χ4v) is 0.385. The zero-order valence-corrected chi connectivity index (χ0v) is 5.25. The molecule has 0 spiro atoms. The van der Waals surface area contributed by atoms with Gasteiger partial charge in [-0.1, -0.05) is 36.4 Å². The van der Waals surface area contributed by atoms with Gasteiger partial charge in [0.1, 0.15) is 0 Å². The van der Waals surface area contributed by atoms with Crippen LogP contribution < -0.4 is 0 Å². The topological polar surface area (TPSA) is 20.2 Å². The largest absolute Gasteiger partial charge is 0.333 e. The van der Waals surface area contributed by atoms with Crippen LogP contribution in [-0.2, 0) is 0 Å². The van der Waals surface area contributed by atoms with Crippen LogP contribution in [0, 0.1) is 0 Å². The molecule has 0 unspecified atom stereocenters. The molecule has 1 aromatic rings. The normalized spacial score (nSPS) is 6.75. The summed E-state index contributed by atoms with van der Waals surface area (Å²) in [7, 11) is 0. The van der Waals surface area contributed by atoms with Crippen LogP contribution in [0.25, 0.3) is 0 Å². The van der Waals surface area contributed by atoms with Crippen LogP contribution in [-0.4, -0.2) is 4.55 Å². The standard InChI is InChI=1S/C6H6.H2OS/c1-2-4-6-5-3-1;1-2/h1-6H;1-2H. The summed E-state index contributed by atoms with van der Waals surface area (Å²) in [6.45, 7) is 0. The molecule has 1 nitrogen and oxygen atoms in total. The minimum Gasteiger partial charge on any atom is -0.333 e. The Bertz CT molecular complexity index is 80.5. The van der Waals surface area contributed by atoms with Crippen molar-refractivity contribution in [1.82, 2.24) is 0 Å². The Morgan fingerprint density at radius 2 is 0.750 bits per heavy atom. The summed E-state index contributed by atoms with van der Waals surface area (Å²) in [6, 6.07) is 12.0. The lowest BCUT2D eigenvalue weighted by Crippen LogP contribution is -1.47. The van der Waals surface area contributed by atoms with Gasteiger partial charge in [0.15, 0.2) is 0 Å². The molecule has 0 amide bonds. The average molecular weight is 128 g/mol. The fraction of sp³-hybridized carbons (Fsp3) is 0. The third-order valence-electron chi connectivity index (χ3n) is 0.667. The number of thiol groups is 1. The van der Waals surface area contributed by atoms with Crippen molar-refractivity contribution in [3.8, 4) is 0 Å². The van der Waals surface area contributed by atoms with E-state index in [-0.39, 0.29) is 0 Å². The van der Waals surface area contributed by atoms with Crippen LogP contribution >= 0.6 is 12.9 Å². The van der Waals surface area contributed by atoms with E-state index in [1.54, 1.807) is 0 Å². The zero-order valence-electron chi connectivity index (χ0n) is 4.36. The number of rotatable bonds is 0. The van der Waals surface area contributed by atoms with E-state index in [1.165, 1.54) is 0 Å². The van der Waals surface area contributed by atoms with Gasteiger partial charge in [0.25, 0.3) is 0 Å². The number of hydrogen-bond donors (Lipinski definition) is 2. The number of hydrogen-bond acceptors (Lipinski definition) is 2. The van der Waals surface area contributed by atoms with Crippen molar-refractivity contribution in [3.63, 3.8) is 0 Å². The van der Waals surface area contributed by atoms with Gasteiger partial charge in [-0.3, -0.25) is 0 Å². The summed E-state index contributed by atoms with van der Waals surface area (Å²) in [4.78, 5) is 0. The van der Waals surface area contributed by atoms with E-state index in [9.17, 15) is 0 Å². The Balaban J connectivity index is 0.000000222. The molecule has 0 heterocycles. The Morgan fingerprint density at radius 1 is 0.625 bits per heavy atom. The Morgan fingerprint density at radius 3 is 0.875 bits per heavy atom. The van der Waals surface area contributed by atoms with Crippen molar-refractivity contribution in [2.45, 2.75) is 0 Å². The monoisotopic (exact) mass is 128 g/mol. The predicted molar refractivity (Wildman–Crippen MR) is 38.1 cm³/mol. The van der Waals surface area contributed by atoms with E-state index in [0.29, 0.717) is 0 Å². The highest BCUT2D eigenvalue weighted by Gasteiger charge is 1.57. The molecule has 8 heavy (non-hydrogen) atoms. The molecule has 0 aliphatic rings. The summed E-state index contributed by atoms with van der Waals surface area (Å²) in [5, 5.41) is 0. The molecule has 0 bridgehead atoms. The molecule has 1 aromatic carbocycles. The predicted octanol–water partition coefficient (Wildman–Crippen LogP) is 2.08. The fourth-order valence-electron chi connectivity index (χ4n) is 0.385. The van der Waals surface area contributed by atoms with Gasteiger partial charge in [-0.25, -0.2) is 0 Å². The SMILES string of the molecule is OS.c1ccccc1. The van der Waals surface area contributed by atoms with E-state index >= 15 is 0 Å². The maximum atomic E-state index is 6.69. The summed E-state index contributed by atoms with van der Waals surface area (Å²) in [6.07, 6.45) is 0. The minimum atomic E-state index is 2.00. The highest BCUT2D eigenvalue weighted by molar-refractivity contribution is 7.74. The van der Waals surface area contributed by atoms with E-state index in [2.05, 4.69) is 12.9 Å². The second-order valence-corrected chi connectivity index (χ2v) is 1.15. The van der Waals surface area contributed by atoms with Crippen LogP contribution in [0.1, 0.15) is 0 Å². The zero-order chi connectivity index (χ0) is 6.24. The van der Waals surface area contributed by atoms with E-state index in [0.717, 1.165) is 0 Å². The lowest BCUT2D eigenvalue weighted by Gasteiger charge is -1.69. The van der Waals surface area contributed by atoms with E-state index in [1.807, 2.05) is 36.4 Å². The Hall–Kier alpha value is -0.470. The molecular weight excluding hydrogens is 120 g/mol. The molecular formula is C6H8OS. The van der Waals surface area contributed by atoms with E-state index in [4.69, 9.17) is 4.55 Å². The first-order chi connectivity index (χ1) is 4.00. The highest BCUT2D eigenvalue weighted by Crippen LogP contribution is 1.79. The Labute approximate surface area is 54.6 Å². The summed E-state index contributed by atoms with van der Waals surface area (Å²) >= 11 is 2.53. The van der Waals surface area contributed by atoms with Crippen molar-refractivity contribution in [2.75, 3.05) is 0 Å². The third kappa shape index (κ3) is 3.71. The van der Waals surface area contributed by atoms with Gasteiger partial charge in [-0.2, -0.15) is 0 Å². The van der Waals surface area contributed by atoms with Gasteiger partial charge in [0.2, 0.25) is 0 Å². The molecule has 0 atom stereocenters. The van der Waals surface area contributed by atoms with Gasteiger partial charge in [-0.05, 0) is 12.9 Å². The summed E-state index contributed by atoms with van der Waals surface area (Å²) < 4.78 is 6.69. The van der Waals surface area contributed by atoms with Crippen LogP contribution in [0.4, 0.5) is 0 Å². The average Bonchev–Trinajstić information content (AvgIpc) is 1.96. The maximum Gasteiger partial charge on any atom is -0.0295 e. The lowest BCUT2D eigenvalue weighted by molar-refractivity contribution is 0.679. The van der Waals surface area contributed by atoms with Gasteiger partial charge in [0, 0.05) is 0 Å². The molecule has 0 saturated heterocycles. The first-order valence-corrected chi connectivity index (χ1v) is 2.60. The molecule has 0 aromatic heterocycles. The molecule has 0 aliphatic carbocycles. The summed E-state index contributed by atoms with van der Waals surface area (Å²) in [5.74, 6) is 0. The molecule has 0 aliphatic heterocycles. The van der Waals surface area contributed by atoms with E-state index < -0.39 is 0 Å². The molecule has 1 N–H and O–H groups in total. The van der Waals surface area contributed by atoms with Crippen molar-refractivity contribution < 1.29 is 4.55 Å². The molecule has 2 heteroatoms. The number of benzene rings is 1. The van der Waals surface area contributed by atoms with Crippen molar-refractivity contribution in [3.05, 3.63) is 36.4 Å². The van der Waals surface area contributed by atoms with Crippen molar-refractivity contribution >= 4 is 12.9 Å². The van der Waals surface area contributed by atoms with Crippen molar-refractivity contribution in [2.24, 2.45) is 0 Å². The van der Waals surface area contributed by atoms with Gasteiger partial charge < -0.3 is 4.55 Å². The highest BCUT2D eigenvalue weighted by atomic mass is 32.1. The maximum absolute atomic E-state index is 6.69. The quantitative estimate of drug-likeness (QED) is 0.405. The van der Waals surface area contributed by atoms with Crippen LogP contribution in [0.5, 0.6) is 0 Å². The lowest BCUT2D eigenvalue weighted by atomic mass is 10.4. The molecule has 0 radical (unpaired) electrons. The molecule has 44 valence electrons. The van der Waals surface area contributed by atoms with Gasteiger partial charge >= 0.3 is 0 Å². The second kappa shape index (κ2) is 6.53. The van der Waals surface area contributed by atoms with Crippen LogP contribution in [0.3, 0.4) is 0 Å². The first kappa shape index (κ1) is 7.53. The molecule has 1 rings (SSSR count). The van der Waals surface area contributed by atoms with Crippen LogP contribution in [0.15, 0.2) is 36.4 Å². The first-order valence-electron chi connectivity index (χ1n) is 2.20. The van der Waals surface area contributed by atoms with Crippen molar-refractivity contribution in [1.29, 1.82) is 0 Å². The molecule has 0 saturated carbocycles. The Kier molecular flexibility index (Phi) is 6.15. The summed E-state index contributed by atoms with van der Waals surface area (Å²) in [5.41, 5.74) is 0.